The van der Waals surface area contributed by atoms with Crippen molar-refractivity contribution in [2.24, 2.45) is 11.7 Å². The molecule has 0 aliphatic rings. The quantitative estimate of drug-likeness (QED) is 0.615. The summed E-state index contributed by atoms with van der Waals surface area (Å²) in [5, 5.41) is 13.7. The molecule has 0 radical (unpaired) electrons. The molecule has 0 fully saturated rings. The average molecular weight is 294 g/mol. The normalized spacial score (nSPS) is 11.8. The molecule has 0 saturated heterocycles. The van der Waals surface area contributed by atoms with Crippen molar-refractivity contribution in [1.82, 2.24) is 10.3 Å². The molecule has 1 aromatic heterocycles. The van der Waals surface area contributed by atoms with Gasteiger partial charge in [-0.05, 0) is 24.5 Å². The van der Waals surface area contributed by atoms with E-state index in [0.29, 0.717) is 6.42 Å². The van der Waals surface area contributed by atoms with Crippen LogP contribution in [-0.2, 0) is 4.79 Å². The van der Waals surface area contributed by atoms with Crippen LogP contribution in [0.15, 0.2) is 18.3 Å². The summed E-state index contributed by atoms with van der Waals surface area (Å²) >= 11 is 0. The lowest BCUT2D eigenvalue weighted by molar-refractivity contribution is -0.118. The number of pyridine rings is 1. The van der Waals surface area contributed by atoms with Crippen LogP contribution in [0.4, 0.5) is 10.5 Å². The summed E-state index contributed by atoms with van der Waals surface area (Å²) in [6, 6.07) is 1.11. The van der Waals surface area contributed by atoms with Gasteiger partial charge in [-0.15, -0.1) is 0 Å². The second-order valence-electron chi connectivity index (χ2n) is 4.91. The van der Waals surface area contributed by atoms with Crippen molar-refractivity contribution in [2.45, 2.75) is 26.3 Å². The number of primary amides is 1. The third-order valence-corrected chi connectivity index (χ3v) is 2.59. The van der Waals surface area contributed by atoms with Crippen molar-refractivity contribution in [3.63, 3.8) is 0 Å². The number of urea groups is 1. The van der Waals surface area contributed by atoms with Crippen LogP contribution >= 0.6 is 0 Å². The van der Waals surface area contributed by atoms with E-state index in [9.17, 15) is 14.4 Å². The molecule has 8 nitrogen and oxygen atoms in total. The van der Waals surface area contributed by atoms with E-state index in [1.54, 1.807) is 0 Å². The van der Waals surface area contributed by atoms with Crippen LogP contribution in [0.5, 0.6) is 0 Å². The summed E-state index contributed by atoms with van der Waals surface area (Å²) in [6.45, 7) is 3.80. The van der Waals surface area contributed by atoms with E-state index in [-0.39, 0.29) is 17.3 Å². The summed E-state index contributed by atoms with van der Waals surface area (Å²) in [6.07, 6.45) is 1.68. The Bertz CT molecular complexity index is 545. The number of carboxylic acid groups (broad SMARTS) is 1. The Morgan fingerprint density at radius 2 is 2.05 bits per heavy atom. The maximum atomic E-state index is 12.1. The number of carbonyl (C=O) groups excluding carboxylic acids is 2. The smallest absolute Gasteiger partial charge is 0.354 e. The number of hydrogen-bond donors (Lipinski definition) is 4. The Balaban J connectivity index is 2.82. The Morgan fingerprint density at radius 3 is 2.57 bits per heavy atom. The minimum Gasteiger partial charge on any atom is -0.477 e. The molecule has 8 heteroatoms. The molecule has 114 valence electrons. The molecule has 1 rings (SSSR count). The Morgan fingerprint density at radius 1 is 1.38 bits per heavy atom. The van der Waals surface area contributed by atoms with E-state index in [1.807, 2.05) is 13.8 Å². The molecule has 5 N–H and O–H groups in total. The first-order valence-electron chi connectivity index (χ1n) is 6.35. The van der Waals surface area contributed by atoms with Crippen LogP contribution in [0.3, 0.4) is 0 Å². The highest BCUT2D eigenvalue weighted by Gasteiger charge is 2.21. The van der Waals surface area contributed by atoms with Gasteiger partial charge in [-0.1, -0.05) is 13.8 Å². The monoisotopic (exact) mass is 294 g/mol. The number of anilines is 1. The number of nitrogens with one attached hydrogen (secondary N) is 2. The SMILES string of the molecule is CC(C)CC(NC(N)=O)C(=O)Nc1ccnc(C(=O)O)c1. The van der Waals surface area contributed by atoms with Crippen LogP contribution in [0.2, 0.25) is 0 Å². The minimum atomic E-state index is -1.19. The lowest BCUT2D eigenvalue weighted by Crippen LogP contribution is -2.46. The average Bonchev–Trinajstić information content (AvgIpc) is 2.37. The molecule has 0 spiro atoms. The number of rotatable bonds is 6. The molecule has 0 aliphatic heterocycles. The third kappa shape index (κ3) is 5.47. The third-order valence-electron chi connectivity index (χ3n) is 2.59. The maximum absolute atomic E-state index is 12.1. The van der Waals surface area contributed by atoms with Gasteiger partial charge in [0.25, 0.3) is 0 Å². The molecule has 0 aliphatic carbocycles. The Kier molecular flexibility index (Phi) is 5.65. The van der Waals surface area contributed by atoms with Crippen LogP contribution in [0.25, 0.3) is 0 Å². The van der Waals surface area contributed by atoms with Gasteiger partial charge in [-0.3, -0.25) is 4.79 Å². The van der Waals surface area contributed by atoms with E-state index in [0.717, 1.165) is 0 Å². The van der Waals surface area contributed by atoms with Crippen LogP contribution < -0.4 is 16.4 Å². The fourth-order valence-corrected chi connectivity index (χ4v) is 1.73. The first-order chi connectivity index (χ1) is 9.79. The van der Waals surface area contributed by atoms with Gasteiger partial charge in [0.1, 0.15) is 11.7 Å². The molecule has 0 saturated carbocycles. The maximum Gasteiger partial charge on any atom is 0.354 e. The van der Waals surface area contributed by atoms with Crippen LogP contribution in [0.1, 0.15) is 30.8 Å². The summed E-state index contributed by atoms with van der Waals surface area (Å²) in [5.41, 5.74) is 5.15. The number of aromatic carboxylic acids is 1. The van der Waals surface area contributed by atoms with E-state index in [4.69, 9.17) is 10.8 Å². The second kappa shape index (κ2) is 7.22. The summed E-state index contributed by atoms with van der Waals surface area (Å²) in [7, 11) is 0. The highest BCUT2D eigenvalue weighted by atomic mass is 16.4. The summed E-state index contributed by atoms with van der Waals surface area (Å²) in [5.74, 6) is -1.50. The van der Waals surface area contributed by atoms with Gasteiger partial charge < -0.3 is 21.5 Å². The number of carboxylic acids is 1. The highest BCUT2D eigenvalue weighted by Crippen LogP contribution is 2.11. The standard InChI is InChI=1S/C13H18N4O4/c1-7(2)5-9(17-13(14)21)11(18)16-8-3-4-15-10(6-8)12(19)20/h3-4,6-7,9H,5H2,1-2H3,(H,19,20)(H3,14,17,21)(H,15,16,18). The van der Waals surface area contributed by atoms with Gasteiger partial charge in [0.15, 0.2) is 0 Å². The van der Waals surface area contributed by atoms with Crippen molar-refractivity contribution in [3.8, 4) is 0 Å². The molecule has 1 atom stereocenters. The predicted octanol–water partition coefficient (Wildman–Crippen LogP) is 0.801. The van der Waals surface area contributed by atoms with E-state index >= 15 is 0 Å². The zero-order valence-corrected chi connectivity index (χ0v) is 11.8. The highest BCUT2D eigenvalue weighted by molar-refractivity contribution is 5.97. The molecule has 21 heavy (non-hydrogen) atoms. The molecular formula is C13H18N4O4. The van der Waals surface area contributed by atoms with Gasteiger partial charge in [0, 0.05) is 11.9 Å². The summed E-state index contributed by atoms with van der Waals surface area (Å²) in [4.78, 5) is 37.5. The van der Waals surface area contributed by atoms with Crippen LogP contribution in [-0.4, -0.2) is 34.0 Å². The van der Waals surface area contributed by atoms with Crippen molar-refractivity contribution in [3.05, 3.63) is 24.0 Å². The lowest BCUT2D eigenvalue weighted by atomic mass is 10.0. The fourth-order valence-electron chi connectivity index (χ4n) is 1.73. The molecular weight excluding hydrogens is 276 g/mol. The minimum absolute atomic E-state index is 0.166. The molecule has 1 heterocycles. The largest absolute Gasteiger partial charge is 0.477 e. The van der Waals surface area contributed by atoms with Crippen molar-refractivity contribution >= 4 is 23.6 Å². The first kappa shape index (κ1) is 16.4. The van der Waals surface area contributed by atoms with E-state index in [2.05, 4.69) is 15.6 Å². The molecule has 1 aromatic rings. The van der Waals surface area contributed by atoms with E-state index in [1.165, 1.54) is 18.3 Å². The fraction of sp³-hybridized carbons (Fsp3) is 0.385. The topological polar surface area (TPSA) is 134 Å². The Hall–Kier alpha value is -2.64. The molecule has 3 amide bonds. The van der Waals surface area contributed by atoms with Crippen LogP contribution in [0, 0.1) is 5.92 Å². The molecule has 0 aromatic carbocycles. The van der Waals surface area contributed by atoms with Gasteiger partial charge in [-0.25, -0.2) is 14.6 Å². The number of carbonyl (C=O) groups is 3. The van der Waals surface area contributed by atoms with E-state index < -0.39 is 23.9 Å². The Labute approximate surface area is 121 Å². The molecule has 0 bridgehead atoms. The summed E-state index contributed by atoms with van der Waals surface area (Å²) < 4.78 is 0. The van der Waals surface area contributed by atoms with Crippen molar-refractivity contribution in [1.29, 1.82) is 0 Å². The predicted molar refractivity (Wildman–Crippen MR) is 75.8 cm³/mol. The van der Waals surface area contributed by atoms with Crippen molar-refractivity contribution in [2.75, 3.05) is 5.32 Å². The zero-order chi connectivity index (χ0) is 16.0. The van der Waals surface area contributed by atoms with Gasteiger partial charge in [-0.2, -0.15) is 0 Å². The number of nitrogens with two attached hydrogens (primary N) is 1. The van der Waals surface area contributed by atoms with Gasteiger partial charge in [0.2, 0.25) is 5.91 Å². The number of aromatic nitrogens is 1. The van der Waals surface area contributed by atoms with Crippen molar-refractivity contribution < 1.29 is 19.5 Å². The lowest BCUT2D eigenvalue weighted by Gasteiger charge is -2.19. The first-order valence-corrected chi connectivity index (χ1v) is 6.35. The molecule has 1 unspecified atom stereocenters. The van der Waals surface area contributed by atoms with Gasteiger partial charge >= 0.3 is 12.0 Å². The number of hydrogen-bond acceptors (Lipinski definition) is 4. The number of amides is 3. The zero-order valence-electron chi connectivity index (χ0n) is 11.8. The second-order valence-corrected chi connectivity index (χ2v) is 4.91. The van der Waals surface area contributed by atoms with Gasteiger partial charge in [0.05, 0.1) is 0 Å². The number of nitrogens with zero attached hydrogens (tertiary/aromatic N) is 1.